The fourth-order valence-corrected chi connectivity index (χ4v) is 11.0. The zero-order valence-corrected chi connectivity index (χ0v) is 43.8. The van der Waals surface area contributed by atoms with Gasteiger partial charge in [0.05, 0.1) is 22.4 Å². The van der Waals surface area contributed by atoms with Crippen molar-refractivity contribution in [2.24, 2.45) is 0 Å². The van der Waals surface area contributed by atoms with Crippen LogP contribution in [0.3, 0.4) is 0 Å². The Morgan fingerprint density at radius 1 is 0.295 bits per heavy atom. The Balaban J connectivity index is 0.853. The summed E-state index contributed by atoms with van der Waals surface area (Å²) in [7, 11) is 0. The van der Waals surface area contributed by atoms with Gasteiger partial charge in [-0.25, -0.2) is 9.97 Å². The molecule has 0 atom stereocenters. The van der Waals surface area contributed by atoms with E-state index in [1.165, 1.54) is 44.2 Å². The van der Waals surface area contributed by atoms with E-state index in [-0.39, 0.29) is 0 Å². The maximum Gasteiger partial charge on any atom is 0.160 e. The van der Waals surface area contributed by atoms with E-state index in [0.29, 0.717) is 0 Å². The van der Waals surface area contributed by atoms with Gasteiger partial charge in [-0.3, -0.25) is 0 Å². The molecule has 2 aromatic heterocycles. The van der Waals surface area contributed by atoms with E-state index < -0.39 is 0 Å². The number of anilines is 6. The third-order valence-corrected chi connectivity index (χ3v) is 14.8. The van der Waals surface area contributed by atoms with Gasteiger partial charge >= 0.3 is 0 Å². The lowest BCUT2D eigenvalue weighted by atomic mass is 9.95. The van der Waals surface area contributed by atoms with E-state index in [9.17, 15) is 0 Å². The van der Waals surface area contributed by atoms with Crippen LogP contribution < -0.4 is 9.80 Å². The monoisotopic (exact) mass is 1000 g/mol. The summed E-state index contributed by atoms with van der Waals surface area (Å²) in [5, 5.41) is 2.34. The zero-order chi connectivity index (χ0) is 52.5. The molecule has 78 heavy (non-hydrogen) atoms. The Labute approximate surface area is 456 Å². The summed E-state index contributed by atoms with van der Waals surface area (Å²) in [5.41, 5.74) is 23.2. The molecule has 0 saturated carbocycles. The molecule has 0 aliphatic heterocycles. The third-order valence-electron chi connectivity index (χ3n) is 14.8. The van der Waals surface area contributed by atoms with Gasteiger partial charge in [0.25, 0.3) is 0 Å². The minimum Gasteiger partial charge on any atom is -0.310 e. The predicted molar refractivity (Wildman–Crippen MR) is 327 cm³/mol. The molecule has 0 radical (unpaired) electrons. The Hall–Kier alpha value is -10.1. The second kappa shape index (κ2) is 20.6. The topological polar surface area (TPSA) is 37.2 Å². The van der Waals surface area contributed by atoms with Crippen LogP contribution in [0.25, 0.3) is 83.6 Å². The van der Waals surface area contributed by atoms with Crippen LogP contribution in [0.5, 0.6) is 0 Å². The predicted octanol–water partition coefficient (Wildman–Crippen LogP) is 19.8. The summed E-state index contributed by atoms with van der Waals surface area (Å²) in [5.74, 6) is 0.721. The third kappa shape index (κ3) is 9.29. The Kier molecular flexibility index (Phi) is 12.5. The normalized spacial score (nSPS) is 11.3. The molecule has 0 aliphatic rings. The highest BCUT2D eigenvalue weighted by atomic mass is 15.1. The van der Waals surface area contributed by atoms with E-state index in [4.69, 9.17) is 9.97 Å². The molecule has 5 heteroatoms. The number of hydrogen-bond acceptors (Lipinski definition) is 4. The molecule has 0 N–H and O–H groups in total. The van der Waals surface area contributed by atoms with Crippen LogP contribution in [0.1, 0.15) is 16.7 Å². The van der Waals surface area contributed by atoms with Gasteiger partial charge in [0.1, 0.15) is 0 Å². The van der Waals surface area contributed by atoms with Gasteiger partial charge in [-0.1, -0.05) is 175 Å². The summed E-state index contributed by atoms with van der Waals surface area (Å²) in [6.07, 6.45) is 0. The zero-order valence-electron chi connectivity index (χ0n) is 43.8. The van der Waals surface area contributed by atoms with E-state index in [0.717, 1.165) is 90.3 Å². The number of rotatable bonds is 12. The molecule has 11 aromatic carbocycles. The molecule has 372 valence electrons. The van der Waals surface area contributed by atoms with E-state index in [1.54, 1.807) is 0 Å². The fourth-order valence-electron chi connectivity index (χ4n) is 11.0. The molecule has 0 amide bonds. The molecule has 0 fully saturated rings. The highest BCUT2D eigenvalue weighted by Crippen LogP contribution is 2.43. The van der Waals surface area contributed by atoms with E-state index >= 15 is 0 Å². The number of hydrogen-bond donors (Lipinski definition) is 0. The lowest BCUT2D eigenvalue weighted by Gasteiger charge is -2.26. The highest BCUT2D eigenvalue weighted by molar-refractivity contribution is 6.12. The fraction of sp³-hybridized carbons (Fsp3) is 0.0411. The van der Waals surface area contributed by atoms with Gasteiger partial charge < -0.3 is 14.4 Å². The molecular formula is C73H55N5. The first-order valence-electron chi connectivity index (χ1n) is 26.6. The maximum absolute atomic E-state index is 5.12. The van der Waals surface area contributed by atoms with Crippen molar-refractivity contribution in [2.45, 2.75) is 20.8 Å². The number of benzene rings is 11. The Bertz CT molecular complexity index is 3980. The van der Waals surface area contributed by atoms with Crippen molar-refractivity contribution in [1.82, 2.24) is 14.5 Å². The summed E-state index contributed by atoms with van der Waals surface area (Å²) >= 11 is 0. The molecule has 0 spiro atoms. The molecule has 0 bridgehead atoms. The van der Waals surface area contributed by atoms with Gasteiger partial charge in [-0.15, -0.1) is 0 Å². The summed E-state index contributed by atoms with van der Waals surface area (Å²) in [4.78, 5) is 14.9. The van der Waals surface area contributed by atoms with Crippen LogP contribution in [-0.4, -0.2) is 14.5 Å². The Morgan fingerprint density at radius 3 is 1.22 bits per heavy atom. The highest BCUT2D eigenvalue weighted by Gasteiger charge is 2.21. The maximum atomic E-state index is 5.12. The van der Waals surface area contributed by atoms with Crippen LogP contribution in [0.2, 0.25) is 0 Å². The van der Waals surface area contributed by atoms with Gasteiger partial charge in [0, 0.05) is 67.3 Å². The smallest absolute Gasteiger partial charge is 0.160 e. The van der Waals surface area contributed by atoms with E-state index in [2.05, 4.69) is 314 Å². The standard InChI is InChI=1S/C73H55N5/c1-50-18-16-20-57(44-50)70-49-69(74-73(75-70)58-21-17-19-51(2)45-58)55-32-30-53(31-33-55)56-36-41-66(52(3)46-56)54-34-37-63(38-35-54)78-71-42-39-64(76(59-22-8-4-9-23-59)60-24-10-5-11-25-60)47-67(71)68-48-65(40-43-72(68)78)77(61-26-12-6-13-27-61)62-28-14-7-15-29-62/h4-49H,1-3H3. The average Bonchev–Trinajstić information content (AvgIpc) is 4.01. The van der Waals surface area contributed by atoms with Crippen LogP contribution in [0.15, 0.2) is 279 Å². The molecule has 13 rings (SSSR count). The first-order valence-corrected chi connectivity index (χ1v) is 26.6. The molecule has 13 aromatic rings. The number of aryl methyl sites for hydroxylation is 3. The molecular weight excluding hydrogens is 947 g/mol. The number of para-hydroxylation sites is 4. The number of nitrogens with zero attached hydrogens (tertiary/aromatic N) is 5. The van der Waals surface area contributed by atoms with Crippen molar-refractivity contribution >= 4 is 55.9 Å². The number of fused-ring (bicyclic) bond motifs is 3. The van der Waals surface area contributed by atoms with Gasteiger partial charge in [-0.2, -0.15) is 0 Å². The van der Waals surface area contributed by atoms with Crippen molar-refractivity contribution in [3.8, 4) is 61.8 Å². The van der Waals surface area contributed by atoms with Gasteiger partial charge in [0.2, 0.25) is 0 Å². The molecule has 2 heterocycles. The van der Waals surface area contributed by atoms with Gasteiger partial charge in [-0.05, 0) is 164 Å². The van der Waals surface area contributed by atoms with Crippen molar-refractivity contribution < 1.29 is 0 Å². The summed E-state index contributed by atoms with van der Waals surface area (Å²) < 4.78 is 2.42. The summed E-state index contributed by atoms with van der Waals surface area (Å²) in [6, 6.07) is 100. The first kappa shape index (κ1) is 47.6. The summed E-state index contributed by atoms with van der Waals surface area (Å²) in [6.45, 7) is 6.44. The second-order valence-electron chi connectivity index (χ2n) is 20.1. The van der Waals surface area contributed by atoms with Crippen LogP contribution in [-0.2, 0) is 0 Å². The quantitative estimate of drug-likeness (QED) is 0.122. The van der Waals surface area contributed by atoms with Gasteiger partial charge in [0.15, 0.2) is 5.82 Å². The minimum absolute atomic E-state index is 0.721. The largest absolute Gasteiger partial charge is 0.310 e. The number of aromatic nitrogens is 3. The van der Waals surface area contributed by atoms with Crippen molar-refractivity contribution in [1.29, 1.82) is 0 Å². The van der Waals surface area contributed by atoms with Crippen molar-refractivity contribution in [3.05, 3.63) is 296 Å². The first-order chi connectivity index (χ1) is 38.4. The average molecular weight is 1000 g/mol. The van der Waals surface area contributed by atoms with Crippen molar-refractivity contribution in [2.75, 3.05) is 9.80 Å². The van der Waals surface area contributed by atoms with Crippen LogP contribution in [0, 0.1) is 20.8 Å². The van der Waals surface area contributed by atoms with Crippen LogP contribution >= 0.6 is 0 Å². The van der Waals surface area contributed by atoms with Crippen LogP contribution in [0.4, 0.5) is 34.1 Å². The van der Waals surface area contributed by atoms with E-state index in [1.807, 2.05) is 0 Å². The van der Waals surface area contributed by atoms with Crippen molar-refractivity contribution in [3.63, 3.8) is 0 Å². The lowest BCUT2D eigenvalue weighted by molar-refractivity contribution is 1.18. The minimum atomic E-state index is 0.721. The second-order valence-corrected chi connectivity index (χ2v) is 20.1. The molecule has 0 unspecified atom stereocenters. The molecule has 5 nitrogen and oxygen atoms in total. The molecule has 0 saturated heterocycles. The lowest BCUT2D eigenvalue weighted by Crippen LogP contribution is -2.09. The Morgan fingerprint density at radius 2 is 0.731 bits per heavy atom. The SMILES string of the molecule is Cc1cccc(-c2cc(-c3ccc(-c4ccc(-c5ccc(-n6c7ccc(N(c8ccccc8)c8ccccc8)cc7c7cc(N(c8ccccc8)c8ccccc8)ccc76)cc5)c(C)c4)cc3)nc(-c3cccc(C)c3)n2)c1. The molecule has 0 aliphatic carbocycles.